The molecule has 0 unspecified atom stereocenters. The zero-order chi connectivity index (χ0) is 14.5. The molecule has 3 nitrogen and oxygen atoms in total. The molecule has 0 bridgehead atoms. The largest absolute Gasteiger partial charge is 0.508 e. The Kier molecular flexibility index (Phi) is 4.64. The highest BCUT2D eigenvalue weighted by atomic mass is 16.5. The van der Waals surface area contributed by atoms with E-state index in [0.29, 0.717) is 0 Å². The lowest BCUT2D eigenvalue weighted by Gasteiger charge is -2.22. The summed E-state index contributed by atoms with van der Waals surface area (Å²) in [5.41, 5.74) is 2.06. The van der Waals surface area contributed by atoms with Crippen LogP contribution in [-0.4, -0.2) is 12.2 Å². The van der Waals surface area contributed by atoms with Crippen molar-refractivity contribution in [2.24, 2.45) is 0 Å². The molecule has 2 aromatic rings. The third-order valence-corrected chi connectivity index (χ3v) is 3.50. The average Bonchev–Trinajstić information content (AvgIpc) is 2.48. The first kappa shape index (κ1) is 14.4. The van der Waals surface area contributed by atoms with Gasteiger partial charge in [-0.05, 0) is 37.6 Å². The molecule has 0 aliphatic rings. The van der Waals surface area contributed by atoms with Crippen LogP contribution < -0.4 is 10.1 Å². The third-order valence-electron chi connectivity index (χ3n) is 3.50. The van der Waals surface area contributed by atoms with E-state index in [9.17, 15) is 5.11 Å². The monoisotopic (exact) mass is 271 g/mol. The van der Waals surface area contributed by atoms with Crippen LogP contribution in [-0.2, 0) is 0 Å². The maximum Gasteiger partial charge on any atom is 0.120 e. The van der Waals surface area contributed by atoms with Gasteiger partial charge in [-0.15, -0.1) is 0 Å². The second-order valence-corrected chi connectivity index (χ2v) is 4.95. The summed E-state index contributed by atoms with van der Waals surface area (Å²) in [6, 6.07) is 15.8. The number of methoxy groups -OCH3 is 1. The average molecular weight is 271 g/mol. The van der Waals surface area contributed by atoms with Crippen molar-refractivity contribution in [2.45, 2.75) is 25.9 Å². The number of benzene rings is 2. The molecule has 0 saturated carbocycles. The fourth-order valence-corrected chi connectivity index (χ4v) is 2.31. The number of hydrogen-bond acceptors (Lipinski definition) is 3. The molecular formula is C17H21NO2. The van der Waals surface area contributed by atoms with Crippen molar-refractivity contribution in [1.82, 2.24) is 5.32 Å². The van der Waals surface area contributed by atoms with E-state index in [1.807, 2.05) is 31.2 Å². The topological polar surface area (TPSA) is 41.5 Å². The molecule has 2 rings (SSSR count). The maximum atomic E-state index is 9.99. The van der Waals surface area contributed by atoms with Crippen LogP contribution in [0.3, 0.4) is 0 Å². The summed E-state index contributed by atoms with van der Waals surface area (Å²) in [5.74, 6) is 1.03. The van der Waals surface area contributed by atoms with Crippen LogP contribution in [0.1, 0.15) is 37.1 Å². The number of rotatable bonds is 5. The van der Waals surface area contributed by atoms with E-state index in [0.717, 1.165) is 11.3 Å². The van der Waals surface area contributed by atoms with Crippen LogP contribution >= 0.6 is 0 Å². The molecule has 3 heteroatoms. The molecule has 106 valence electrons. The fraction of sp³-hybridized carbons (Fsp3) is 0.294. The minimum atomic E-state index is 0.0281. The van der Waals surface area contributed by atoms with E-state index in [-0.39, 0.29) is 17.8 Å². The van der Waals surface area contributed by atoms with Crippen LogP contribution in [0.15, 0.2) is 48.5 Å². The Bertz CT molecular complexity index is 554. The fourth-order valence-electron chi connectivity index (χ4n) is 2.31. The first-order valence-corrected chi connectivity index (χ1v) is 6.79. The molecule has 20 heavy (non-hydrogen) atoms. The van der Waals surface area contributed by atoms with E-state index in [4.69, 9.17) is 4.74 Å². The van der Waals surface area contributed by atoms with E-state index < -0.39 is 0 Å². The third kappa shape index (κ3) is 3.31. The molecule has 0 aliphatic carbocycles. The summed E-state index contributed by atoms with van der Waals surface area (Å²) >= 11 is 0. The number of nitrogens with one attached hydrogen (secondary N) is 1. The van der Waals surface area contributed by atoms with E-state index in [1.165, 1.54) is 5.56 Å². The predicted octanol–water partition coefficient (Wildman–Crippen LogP) is 3.81. The molecule has 0 aromatic heterocycles. The molecule has 0 radical (unpaired) electrons. The summed E-state index contributed by atoms with van der Waals surface area (Å²) < 4.78 is 5.21. The normalized spacial score (nSPS) is 13.8. The van der Waals surface area contributed by atoms with Crippen molar-refractivity contribution >= 4 is 0 Å². The smallest absolute Gasteiger partial charge is 0.120 e. The van der Waals surface area contributed by atoms with E-state index in [1.54, 1.807) is 19.2 Å². The van der Waals surface area contributed by atoms with E-state index >= 15 is 0 Å². The van der Waals surface area contributed by atoms with Gasteiger partial charge in [0.25, 0.3) is 0 Å². The minimum Gasteiger partial charge on any atom is -0.508 e. The van der Waals surface area contributed by atoms with Gasteiger partial charge in [0.05, 0.1) is 7.11 Å². The second kappa shape index (κ2) is 6.44. The SMILES string of the molecule is COc1ccc(O)c([C@@H](C)N[C@H](C)c2ccccc2)c1. The number of hydrogen-bond donors (Lipinski definition) is 2. The highest BCUT2D eigenvalue weighted by molar-refractivity contribution is 5.41. The van der Waals surface area contributed by atoms with Crippen molar-refractivity contribution in [1.29, 1.82) is 0 Å². The minimum absolute atomic E-state index is 0.0281. The molecule has 0 aliphatic heterocycles. The number of aromatic hydroxyl groups is 1. The van der Waals surface area contributed by atoms with Gasteiger partial charge >= 0.3 is 0 Å². The zero-order valence-corrected chi connectivity index (χ0v) is 12.1. The van der Waals surface area contributed by atoms with Gasteiger partial charge < -0.3 is 15.2 Å². The van der Waals surface area contributed by atoms with Crippen LogP contribution in [0.5, 0.6) is 11.5 Å². The van der Waals surface area contributed by atoms with Crippen LogP contribution in [0.2, 0.25) is 0 Å². The van der Waals surface area contributed by atoms with Gasteiger partial charge in [-0.1, -0.05) is 30.3 Å². The van der Waals surface area contributed by atoms with Gasteiger partial charge in [0.1, 0.15) is 11.5 Å². The van der Waals surface area contributed by atoms with Crippen molar-refractivity contribution in [3.8, 4) is 11.5 Å². The van der Waals surface area contributed by atoms with Gasteiger partial charge in [-0.2, -0.15) is 0 Å². The van der Waals surface area contributed by atoms with Crippen molar-refractivity contribution in [3.05, 3.63) is 59.7 Å². The summed E-state index contributed by atoms with van der Waals surface area (Å²) in [7, 11) is 1.63. The van der Waals surface area contributed by atoms with Gasteiger partial charge in [0, 0.05) is 17.6 Å². The Morgan fingerprint density at radius 1 is 1.00 bits per heavy atom. The molecule has 0 heterocycles. The molecule has 2 aromatic carbocycles. The highest BCUT2D eigenvalue weighted by Gasteiger charge is 2.14. The summed E-state index contributed by atoms with van der Waals surface area (Å²) in [5, 5.41) is 13.5. The van der Waals surface area contributed by atoms with Gasteiger partial charge in [0.2, 0.25) is 0 Å². The van der Waals surface area contributed by atoms with Crippen molar-refractivity contribution < 1.29 is 9.84 Å². The van der Waals surface area contributed by atoms with Crippen LogP contribution in [0.4, 0.5) is 0 Å². The Labute approximate surface area is 120 Å². The predicted molar refractivity (Wildman–Crippen MR) is 81.1 cm³/mol. The highest BCUT2D eigenvalue weighted by Crippen LogP contribution is 2.29. The number of phenols is 1. The lowest BCUT2D eigenvalue weighted by molar-refractivity contribution is 0.405. The Morgan fingerprint density at radius 3 is 2.35 bits per heavy atom. The molecule has 0 amide bonds. The molecule has 0 saturated heterocycles. The summed E-state index contributed by atoms with van der Waals surface area (Å²) in [4.78, 5) is 0. The standard InChI is InChI=1S/C17H21NO2/c1-12(14-7-5-4-6-8-14)18-13(2)16-11-15(20-3)9-10-17(16)19/h4-13,18-19H,1-3H3/t12-,13-/m1/s1. The quantitative estimate of drug-likeness (QED) is 0.868. The number of phenolic OH excluding ortho intramolecular Hbond substituents is 1. The molecule has 0 spiro atoms. The first-order chi connectivity index (χ1) is 9.61. The van der Waals surface area contributed by atoms with Crippen molar-refractivity contribution in [2.75, 3.05) is 7.11 Å². The van der Waals surface area contributed by atoms with Crippen LogP contribution in [0.25, 0.3) is 0 Å². The van der Waals surface area contributed by atoms with Gasteiger partial charge in [0.15, 0.2) is 0 Å². The first-order valence-electron chi connectivity index (χ1n) is 6.79. The lowest BCUT2D eigenvalue weighted by Crippen LogP contribution is -2.22. The lowest BCUT2D eigenvalue weighted by atomic mass is 10.0. The maximum absolute atomic E-state index is 9.99. The van der Waals surface area contributed by atoms with Crippen molar-refractivity contribution in [3.63, 3.8) is 0 Å². The zero-order valence-electron chi connectivity index (χ0n) is 12.1. The van der Waals surface area contributed by atoms with Gasteiger partial charge in [-0.3, -0.25) is 0 Å². The Morgan fingerprint density at radius 2 is 1.70 bits per heavy atom. The summed E-state index contributed by atoms with van der Waals surface area (Å²) in [6.45, 7) is 4.15. The second-order valence-electron chi connectivity index (χ2n) is 4.95. The van der Waals surface area contributed by atoms with E-state index in [2.05, 4.69) is 24.4 Å². The van der Waals surface area contributed by atoms with Gasteiger partial charge in [-0.25, -0.2) is 0 Å². The Hall–Kier alpha value is -2.00. The molecule has 2 atom stereocenters. The molecular weight excluding hydrogens is 250 g/mol. The van der Waals surface area contributed by atoms with Crippen LogP contribution in [0, 0.1) is 0 Å². The number of ether oxygens (including phenoxy) is 1. The Balaban J connectivity index is 2.14. The molecule has 2 N–H and O–H groups in total. The molecule has 0 fully saturated rings. The summed E-state index contributed by atoms with van der Waals surface area (Å²) in [6.07, 6.45) is 0.